The third-order valence-corrected chi connectivity index (χ3v) is 3.61. The zero-order valence-corrected chi connectivity index (χ0v) is 11.2. The number of hydrogen-bond donors (Lipinski definition) is 2. The Morgan fingerprint density at radius 3 is 2.65 bits per heavy atom. The van der Waals surface area contributed by atoms with Gasteiger partial charge in [-0.25, -0.2) is 4.39 Å². The summed E-state index contributed by atoms with van der Waals surface area (Å²) in [6.45, 7) is 0.864. The van der Waals surface area contributed by atoms with Crippen molar-refractivity contribution in [1.82, 2.24) is 4.90 Å². The molecule has 0 aromatic heterocycles. The standard InChI is InChI=1S/C14H19FN2O3/c15-11-3-1-2-4-12(11)20-9-13(18)17-7-5-14(19,10-16)6-8-17/h1-4,19H,5-10,16H2. The van der Waals surface area contributed by atoms with E-state index in [1.807, 2.05) is 0 Å². The molecule has 1 amide bonds. The average molecular weight is 282 g/mol. The number of hydrogen-bond acceptors (Lipinski definition) is 4. The van der Waals surface area contributed by atoms with Gasteiger partial charge in [0.1, 0.15) is 0 Å². The largest absolute Gasteiger partial charge is 0.481 e. The maximum atomic E-state index is 13.3. The second-order valence-corrected chi connectivity index (χ2v) is 5.03. The fourth-order valence-electron chi connectivity index (χ4n) is 2.17. The van der Waals surface area contributed by atoms with Crippen LogP contribution < -0.4 is 10.5 Å². The highest BCUT2D eigenvalue weighted by Crippen LogP contribution is 2.21. The second kappa shape index (κ2) is 6.19. The Morgan fingerprint density at radius 1 is 1.40 bits per heavy atom. The summed E-state index contributed by atoms with van der Waals surface area (Å²) in [5, 5.41) is 9.98. The van der Waals surface area contributed by atoms with Crippen LogP contribution in [-0.4, -0.2) is 47.8 Å². The summed E-state index contributed by atoms with van der Waals surface area (Å²) in [7, 11) is 0. The van der Waals surface area contributed by atoms with Gasteiger partial charge < -0.3 is 20.5 Å². The van der Waals surface area contributed by atoms with Crippen molar-refractivity contribution in [1.29, 1.82) is 0 Å². The van der Waals surface area contributed by atoms with E-state index in [1.165, 1.54) is 12.1 Å². The lowest BCUT2D eigenvalue weighted by molar-refractivity contribution is -0.137. The van der Waals surface area contributed by atoms with E-state index in [-0.39, 0.29) is 24.8 Å². The third-order valence-electron chi connectivity index (χ3n) is 3.61. The monoisotopic (exact) mass is 282 g/mol. The van der Waals surface area contributed by atoms with E-state index in [0.29, 0.717) is 25.9 Å². The molecule has 1 aliphatic rings. The van der Waals surface area contributed by atoms with Gasteiger partial charge in [0.2, 0.25) is 0 Å². The van der Waals surface area contributed by atoms with Crippen molar-refractivity contribution in [2.75, 3.05) is 26.2 Å². The molecule has 1 aromatic rings. The quantitative estimate of drug-likeness (QED) is 0.844. The number of para-hydroxylation sites is 1. The van der Waals surface area contributed by atoms with E-state index in [0.717, 1.165) is 0 Å². The zero-order chi connectivity index (χ0) is 14.6. The number of rotatable bonds is 4. The Kier molecular flexibility index (Phi) is 4.57. The Labute approximate surface area is 117 Å². The second-order valence-electron chi connectivity index (χ2n) is 5.03. The molecule has 3 N–H and O–H groups in total. The van der Waals surface area contributed by atoms with E-state index in [4.69, 9.17) is 10.5 Å². The van der Waals surface area contributed by atoms with E-state index in [9.17, 15) is 14.3 Å². The maximum absolute atomic E-state index is 13.3. The van der Waals surface area contributed by atoms with Crippen LogP contribution >= 0.6 is 0 Å². The first kappa shape index (κ1) is 14.7. The summed E-state index contributed by atoms with van der Waals surface area (Å²) in [6.07, 6.45) is 0.907. The van der Waals surface area contributed by atoms with Gasteiger partial charge in [-0.1, -0.05) is 12.1 Å². The number of nitrogens with zero attached hydrogens (tertiary/aromatic N) is 1. The van der Waals surface area contributed by atoms with Crippen LogP contribution in [0.1, 0.15) is 12.8 Å². The number of carbonyl (C=O) groups excluding carboxylic acids is 1. The predicted octanol–water partition coefficient (Wildman–Crippen LogP) is 0.517. The maximum Gasteiger partial charge on any atom is 0.260 e. The molecule has 0 spiro atoms. The summed E-state index contributed by atoms with van der Waals surface area (Å²) in [4.78, 5) is 13.5. The minimum Gasteiger partial charge on any atom is -0.481 e. The molecule has 1 aromatic carbocycles. The van der Waals surface area contributed by atoms with Gasteiger partial charge >= 0.3 is 0 Å². The predicted molar refractivity (Wildman–Crippen MR) is 71.7 cm³/mol. The van der Waals surface area contributed by atoms with Gasteiger partial charge in [-0.05, 0) is 25.0 Å². The first-order chi connectivity index (χ1) is 9.54. The van der Waals surface area contributed by atoms with E-state index in [1.54, 1.807) is 17.0 Å². The van der Waals surface area contributed by atoms with Crippen LogP contribution in [0.5, 0.6) is 5.75 Å². The number of carbonyl (C=O) groups is 1. The molecule has 0 aliphatic carbocycles. The number of amides is 1. The molecule has 5 nitrogen and oxygen atoms in total. The minimum absolute atomic E-state index is 0.0660. The lowest BCUT2D eigenvalue weighted by Gasteiger charge is -2.37. The summed E-state index contributed by atoms with van der Waals surface area (Å²) in [6, 6.07) is 5.96. The number of benzene rings is 1. The van der Waals surface area contributed by atoms with E-state index >= 15 is 0 Å². The van der Waals surface area contributed by atoms with Gasteiger partial charge in [-0.3, -0.25) is 4.79 Å². The van der Waals surface area contributed by atoms with Crippen molar-refractivity contribution < 1.29 is 19.0 Å². The number of piperidine rings is 1. The van der Waals surface area contributed by atoms with Crippen LogP contribution in [0.25, 0.3) is 0 Å². The first-order valence-electron chi connectivity index (χ1n) is 6.62. The van der Waals surface area contributed by atoms with Crippen LogP contribution in [0.4, 0.5) is 4.39 Å². The summed E-state index contributed by atoms with van der Waals surface area (Å²) >= 11 is 0. The molecular weight excluding hydrogens is 263 g/mol. The topological polar surface area (TPSA) is 75.8 Å². The van der Waals surface area contributed by atoms with Crippen LogP contribution in [0.2, 0.25) is 0 Å². The molecule has 1 fully saturated rings. The minimum atomic E-state index is -0.872. The van der Waals surface area contributed by atoms with Gasteiger partial charge in [0.15, 0.2) is 18.2 Å². The zero-order valence-electron chi connectivity index (χ0n) is 11.2. The van der Waals surface area contributed by atoms with Crippen molar-refractivity contribution in [2.24, 2.45) is 5.73 Å². The Balaban J connectivity index is 1.83. The molecule has 20 heavy (non-hydrogen) atoms. The molecular formula is C14H19FN2O3. The van der Waals surface area contributed by atoms with Crippen molar-refractivity contribution in [3.63, 3.8) is 0 Å². The van der Waals surface area contributed by atoms with Crippen molar-refractivity contribution in [3.8, 4) is 5.75 Å². The van der Waals surface area contributed by atoms with E-state index < -0.39 is 11.4 Å². The highest BCUT2D eigenvalue weighted by atomic mass is 19.1. The van der Waals surface area contributed by atoms with Crippen LogP contribution in [0.15, 0.2) is 24.3 Å². The highest BCUT2D eigenvalue weighted by Gasteiger charge is 2.32. The highest BCUT2D eigenvalue weighted by molar-refractivity contribution is 5.77. The molecule has 1 heterocycles. The molecule has 110 valence electrons. The number of aliphatic hydroxyl groups is 1. The summed E-state index contributed by atoms with van der Waals surface area (Å²) in [5.74, 6) is -0.639. The van der Waals surface area contributed by atoms with Gasteiger partial charge in [0, 0.05) is 19.6 Å². The number of ether oxygens (including phenoxy) is 1. The summed E-state index contributed by atoms with van der Waals surface area (Å²) in [5.41, 5.74) is 4.62. The normalized spacial score (nSPS) is 17.9. The van der Waals surface area contributed by atoms with Crippen molar-refractivity contribution in [2.45, 2.75) is 18.4 Å². The molecule has 0 radical (unpaired) electrons. The van der Waals surface area contributed by atoms with Gasteiger partial charge in [0.25, 0.3) is 5.91 Å². The Hall–Kier alpha value is -1.66. The SMILES string of the molecule is NCC1(O)CCN(C(=O)COc2ccccc2F)CC1. The fraction of sp³-hybridized carbons (Fsp3) is 0.500. The van der Waals surface area contributed by atoms with E-state index in [2.05, 4.69) is 0 Å². The summed E-state index contributed by atoms with van der Waals surface area (Å²) < 4.78 is 18.5. The average Bonchev–Trinajstić information content (AvgIpc) is 2.47. The fourth-order valence-corrected chi connectivity index (χ4v) is 2.17. The number of nitrogens with two attached hydrogens (primary N) is 1. The van der Waals surface area contributed by atoms with Crippen molar-refractivity contribution >= 4 is 5.91 Å². The van der Waals surface area contributed by atoms with Crippen LogP contribution in [0, 0.1) is 5.82 Å². The number of halogens is 1. The molecule has 0 bridgehead atoms. The van der Waals surface area contributed by atoms with Gasteiger partial charge in [-0.2, -0.15) is 0 Å². The molecule has 1 aliphatic heterocycles. The van der Waals surface area contributed by atoms with Gasteiger partial charge in [0.05, 0.1) is 5.60 Å². The lowest BCUT2D eigenvalue weighted by atomic mass is 9.92. The third kappa shape index (κ3) is 3.46. The smallest absolute Gasteiger partial charge is 0.260 e. The Bertz CT molecular complexity index is 473. The van der Waals surface area contributed by atoms with Crippen LogP contribution in [0.3, 0.4) is 0 Å². The molecule has 0 unspecified atom stereocenters. The molecule has 6 heteroatoms. The lowest BCUT2D eigenvalue weighted by Crippen LogP contribution is -2.51. The molecule has 1 saturated heterocycles. The molecule has 2 rings (SSSR count). The Morgan fingerprint density at radius 2 is 2.05 bits per heavy atom. The first-order valence-corrected chi connectivity index (χ1v) is 6.62. The number of likely N-dealkylation sites (tertiary alicyclic amines) is 1. The molecule has 0 saturated carbocycles. The van der Waals surface area contributed by atoms with Gasteiger partial charge in [-0.15, -0.1) is 0 Å². The van der Waals surface area contributed by atoms with Crippen molar-refractivity contribution in [3.05, 3.63) is 30.1 Å². The van der Waals surface area contributed by atoms with Crippen LogP contribution in [-0.2, 0) is 4.79 Å². The molecule has 0 atom stereocenters.